The molecule has 1 amide bonds. The smallest absolute Gasteiger partial charge is 0.326 e. The molecule has 1 unspecified atom stereocenters. The molecule has 1 atom stereocenters. The summed E-state index contributed by atoms with van der Waals surface area (Å²) >= 11 is 0. The second-order valence-corrected chi connectivity index (χ2v) is 6.19. The van der Waals surface area contributed by atoms with E-state index in [4.69, 9.17) is 0 Å². The Balaban J connectivity index is 1.97. The van der Waals surface area contributed by atoms with Crippen LogP contribution in [0.5, 0.6) is 0 Å². The molecule has 1 N–H and O–H groups in total. The van der Waals surface area contributed by atoms with Gasteiger partial charge in [-0.2, -0.15) is 13.2 Å². The number of amides is 1. The summed E-state index contributed by atoms with van der Waals surface area (Å²) in [5, 5.41) is 2.57. The highest BCUT2D eigenvalue weighted by atomic mass is 19.4. The minimum atomic E-state index is -4.43. The van der Waals surface area contributed by atoms with Crippen molar-refractivity contribution in [3.8, 4) is 0 Å². The molecule has 3 rings (SSSR count). The summed E-state index contributed by atoms with van der Waals surface area (Å²) in [6, 6.07) is 11.8. The van der Waals surface area contributed by atoms with Crippen LogP contribution in [0.1, 0.15) is 41.5 Å². The zero-order valence-electron chi connectivity index (χ0n) is 13.3. The van der Waals surface area contributed by atoms with Gasteiger partial charge in [0, 0.05) is 12.6 Å². The maximum Gasteiger partial charge on any atom is 0.416 e. The molecule has 0 bridgehead atoms. The number of aryl methyl sites for hydroxylation is 1. The molecule has 2 aromatic rings. The average molecular weight is 333 g/mol. The predicted molar refractivity (Wildman–Crippen MR) is 87.0 cm³/mol. The highest BCUT2D eigenvalue weighted by Gasteiger charge is 2.32. The minimum Gasteiger partial charge on any atom is -0.326 e. The maximum absolute atomic E-state index is 13.0. The number of nitrogens with one attached hydrogen (secondary N) is 1. The lowest BCUT2D eigenvalue weighted by atomic mass is 9.79. The number of hydrogen-bond donors (Lipinski definition) is 1. The van der Waals surface area contributed by atoms with Crippen LogP contribution in [0.15, 0.2) is 42.5 Å². The van der Waals surface area contributed by atoms with Gasteiger partial charge in [-0.15, -0.1) is 0 Å². The van der Waals surface area contributed by atoms with E-state index in [0.29, 0.717) is 0 Å². The second kappa shape index (κ2) is 6.30. The lowest BCUT2D eigenvalue weighted by molar-refractivity contribution is -0.137. The Kier molecular flexibility index (Phi) is 4.35. The number of halogens is 3. The highest BCUT2D eigenvalue weighted by Crippen LogP contribution is 2.39. The number of anilines is 1. The molecular weight excluding hydrogens is 315 g/mol. The molecule has 0 aliphatic heterocycles. The van der Waals surface area contributed by atoms with E-state index in [-0.39, 0.29) is 17.5 Å². The summed E-state index contributed by atoms with van der Waals surface area (Å²) < 4.78 is 38.9. The van der Waals surface area contributed by atoms with Crippen molar-refractivity contribution in [2.75, 3.05) is 5.32 Å². The molecule has 0 spiro atoms. The van der Waals surface area contributed by atoms with Crippen LogP contribution in [-0.4, -0.2) is 5.91 Å². The first-order chi connectivity index (χ1) is 11.3. The molecule has 24 heavy (non-hydrogen) atoms. The molecule has 0 aromatic heterocycles. The third-order valence-corrected chi connectivity index (χ3v) is 4.48. The summed E-state index contributed by atoms with van der Waals surface area (Å²) in [5.41, 5.74) is 2.81. The fraction of sp³-hybridized carbons (Fsp3) is 0.316. The topological polar surface area (TPSA) is 29.1 Å². The van der Waals surface area contributed by atoms with E-state index in [1.807, 2.05) is 12.1 Å². The van der Waals surface area contributed by atoms with Crippen molar-refractivity contribution >= 4 is 11.6 Å². The second-order valence-electron chi connectivity index (χ2n) is 6.19. The Morgan fingerprint density at radius 2 is 1.83 bits per heavy atom. The van der Waals surface area contributed by atoms with Crippen LogP contribution in [0.25, 0.3) is 0 Å². The number of rotatable bonds is 2. The molecule has 0 saturated heterocycles. The van der Waals surface area contributed by atoms with E-state index in [2.05, 4.69) is 17.4 Å². The first-order valence-electron chi connectivity index (χ1n) is 7.90. The molecule has 0 heterocycles. The maximum atomic E-state index is 13.0. The van der Waals surface area contributed by atoms with E-state index in [1.54, 1.807) is 0 Å². The highest BCUT2D eigenvalue weighted by molar-refractivity contribution is 5.89. The van der Waals surface area contributed by atoms with E-state index >= 15 is 0 Å². The van der Waals surface area contributed by atoms with Crippen molar-refractivity contribution in [3.05, 3.63) is 64.7 Å². The van der Waals surface area contributed by atoms with E-state index in [0.717, 1.165) is 37.0 Å². The van der Waals surface area contributed by atoms with Gasteiger partial charge in [0.2, 0.25) is 5.91 Å². The van der Waals surface area contributed by atoms with Crippen molar-refractivity contribution in [1.29, 1.82) is 0 Å². The molecule has 0 fully saturated rings. The molecule has 5 heteroatoms. The van der Waals surface area contributed by atoms with Gasteiger partial charge >= 0.3 is 6.18 Å². The zero-order valence-corrected chi connectivity index (χ0v) is 13.3. The van der Waals surface area contributed by atoms with E-state index in [9.17, 15) is 18.0 Å². The van der Waals surface area contributed by atoms with Gasteiger partial charge in [-0.05, 0) is 54.0 Å². The molecule has 2 aromatic carbocycles. The molecule has 1 aliphatic carbocycles. The number of carbonyl (C=O) groups is 1. The zero-order chi connectivity index (χ0) is 17.3. The van der Waals surface area contributed by atoms with Crippen molar-refractivity contribution in [3.63, 3.8) is 0 Å². The number of benzene rings is 2. The Labute approximate surface area is 138 Å². The Morgan fingerprint density at radius 1 is 1.12 bits per heavy atom. The number of hydrogen-bond acceptors (Lipinski definition) is 1. The van der Waals surface area contributed by atoms with Gasteiger partial charge in [0.25, 0.3) is 0 Å². The quantitative estimate of drug-likeness (QED) is 0.829. The SMILES string of the molecule is CC(=O)Nc1cc(C(F)(F)F)ccc1C1CCc2ccccc2C1. The van der Waals surface area contributed by atoms with Crippen LogP contribution in [0.4, 0.5) is 18.9 Å². The number of fused-ring (bicyclic) bond motifs is 1. The van der Waals surface area contributed by atoms with Gasteiger partial charge in [0.05, 0.1) is 5.56 Å². The van der Waals surface area contributed by atoms with E-state index in [1.165, 1.54) is 24.1 Å². The Bertz CT molecular complexity index is 767. The molecule has 0 saturated carbocycles. The molecule has 126 valence electrons. The summed E-state index contributed by atoms with van der Waals surface area (Å²) in [4.78, 5) is 11.4. The predicted octanol–water partition coefficient (Wildman–Crippen LogP) is 4.94. The van der Waals surface area contributed by atoms with Gasteiger partial charge in [-0.3, -0.25) is 4.79 Å². The number of alkyl halides is 3. The van der Waals surface area contributed by atoms with Crippen LogP contribution in [0, 0.1) is 0 Å². The van der Waals surface area contributed by atoms with Crippen molar-refractivity contribution < 1.29 is 18.0 Å². The van der Waals surface area contributed by atoms with Gasteiger partial charge in [0.1, 0.15) is 0 Å². The fourth-order valence-electron chi connectivity index (χ4n) is 3.35. The fourth-order valence-corrected chi connectivity index (χ4v) is 3.35. The lowest BCUT2D eigenvalue weighted by Gasteiger charge is -2.27. The summed E-state index contributed by atoms with van der Waals surface area (Å²) in [6.07, 6.45) is -1.91. The van der Waals surface area contributed by atoms with Crippen LogP contribution in [0.2, 0.25) is 0 Å². The number of carbonyl (C=O) groups excluding carboxylic acids is 1. The first-order valence-corrected chi connectivity index (χ1v) is 7.90. The molecule has 2 nitrogen and oxygen atoms in total. The monoisotopic (exact) mass is 333 g/mol. The largest absolute Gasteiger partial charge is 0.416 e. The minimum absolute atomic E-state index is 0.101. The van der Waals surface area contributed by atoms with Crippen molar-refractivity contribution in [2.24, 2.45) is 0 Å². The van der Waals surface area contributed by atoms with E-state index < -0.39 is 11.7 Å². The first kappa shape index (κ1) is 16.6. The third kappa shape index (κ3) is 3.45. The summed E-state index contributed by atoms with van der Waals surface area (Å²) in [5.74, 6) is -0.268. The molecular formula is C19H18F3NO. The van der Waals surface area contributed by atoms with Crippen molar-refractivity contribution in [2.45, 2.75) is 38.3 Å². The standard InChI is InChI=1S/C19H18F3NO/c1-12(24)23-18-11-16(19(20,21)22)8-9-17(18)15-7-6-13-4-2-3-5-14(13)10-15/h2-5,8-9,11,15H,6-7,10H2,1H3,(H,23,24). The lowest BCUT2D eigenvalue weighted by Crippen LogP contribution is -2.17. The summed E-state index contributed by atoms with van der Waals surface area (Å²) in [7, 11) is 0. The van der Waals surface area contributed by atoms with Crippen LogP contribution < -0.4 is 5.32 Å². The van der Waals surface area contributed by atoms with Crippen molar-refractivity contribution in [1.82, 2.24) is 0 Å². The Morgan fingerprint density at radius 3 is 2.50 bits per heavy atom. The van der Waals surface area contributed by atoms with Gasteiger partial charge in [-0.1, -0.05) is 30.3 Å². The average Bonchev–Trinajstić information content (AvgIpc) is 2.53. The van der Waals surface area contributed by atoms with Gasteiger partial charge in [-0.25, -0.2) is 0 Å². The summed E-state index contributed by atoms with van der Waals surface area (Å²) in [6.45, 7) is 1.31. The van der Waals surface area contributed by atoms with Crippen LogP contribution in [0.3, 0.4) is 0 Å². The van der Waals surface area contributed by atoms with Gasteiger partial charge in [0.15, 0.2) is 0 Å². The molecule has 1 aliphatic rings. The van der Waals surface area contributed by atoms with Crippen LogP contribution in [-0.2, 0) is 23.8 Å². The van der Waals surface area contributed by atoms with Crippen LogP contribution >= 0.6 is 0 Å². The Hall–Kier alpha value is -2.30. The third-order valence-electron chi connectivity index (χ3n) is 4.48. The normalized spacial score (nSPS) is 17.2. The van der Waals surface area contributed by atoms with Gasteiger partial charge < -0.3 is 5.32 Å². The molecule has 0 radical (unpaired) electrons.